The van der Waals surface area contributed by atoms with Crippen LogP contribution in [0.25, 0.3) is 11.3 Å². The molecule has 1 heterocycles. The highest BCUT2D eigenvalue weighted by Crippen LogP contribution is 2.29. The summed E-state index contributed by atoms with van der Waals surface area (Å²) < 4.78 is 15.5. The molecule has 2 rings (SSSR count). The van der Waals surface area contributed by atoms with E-state index in [1.54, 1.807) is 6.07 Å². The zero-order valence-corrected chi connectivity index (χ0v) is 11.8. The van der Waals surface area contributed by atoms with Gasteiger partial charge in [-0.15, -0.1) is 0 Å². The summed E-state index contributed by atoms with van der Waals surface area (Å²) in [6.07, 6.45) is 1.85. The van der Waals surface area contributed by atoms with Gasteiger partial charge in [0.05, 0.1) is 5.02 Å². The summed E-state index contributed by atoms with van der Waals surface area (Å²) in [6.45, 7) is 4.86. The number of anilines is 1. The number of halogens is 2. The van der Waals surface area contributed by atoms with E-state index in [2.05, 4.69) is 11.9 Å². The minimum atomic E-state index is -0.457. The number of imidazole rings is 1. The van der Waals surface area contributed by atoms with Crippen LogP contribution >= 0.6 is 11.6 Å². The predicted molar refractivity (Wildman–Crippen MR) is 76.7 cm³/mol. The first-order chi connectivity index (χ1) is 9.08. The molecule has 1 aromatic carbocycles. The van der Waals surface area contributed by atoms with Crippen LogP contribution in [0.5, 0.6) is 0 Å². The van der Waals surface area contributed by atoms with Gasteiger partial charge in [0.1, 0.15) is 23.2 Å². The SMILES string of the molecule is CCCc1nc(-c2ccc(Cl)c(F)c2)c(N)n1CC. The molecule has 0 aliphatic rings. The molecule has 0 aliphatic carbocycles. The van der Waals surface area contributed by atoms with Crippen molar-refractivity contribution in [1.82, 2.24) is 9.55 Å². The van der Waals surface area contributed by atoms with E-state index in [9.17, 15) is 4.39 Å². The van der Waals surface area contributed by atoms with Gasteiger partial charge in [0, 0.05) is 18.5 Å². The maximum atomic E-state index is 13.5. The Labute approximate surface area is 117 Å². The summed E-state index contributed by atoms with van der Waals surface area (Å²) in [5.74, 6) is 1.06. The number of aromatic nitrogens is 2. The Morgan fingerprint density at radius 1 is 1.37 bits per heavy atom. The van der Waals surface area contributed by atoms with Crippen LogP contribution in [0, 0.1) is 5.82 Å². The van der Waals surface area contributed by atoms with E-state index in [-0.39, 0.29) is 5.02 Å². The quantitative estimate of drug-likeness (QED) is 0.924. The zero-order chi connectivity index (χ0) is 14.0. The summed E-state index contributed by atoms with van der Waals surface area (Å²) in [5.41, 5.74) is 7.39. The predicted octanol–water partition coefficient (Wildman–Crippen LogP) is 3.90. The van der Waals surface area contributed by atoms with E-state index in [0.29, 0.717) is 17.1 Å². The first kappa shape index (κ1) is 13.9. The molecule has 0 aliphatic heterocycles. The Balaban J connectivity index is 2.52. The van der Waals surface area contributed by atoms with Gasteiger partial charge in [-0.2, -0.15) is 0 Å². The third kappa shape index (κ3) is 2.59. The largest absolute Gasteiger partial charge is 0.383 e. The molecule has 0 fully saturated rings. The van der Waals surface area contributed by atoms with Crippen molar-refractivity contribution in [3.8, 4) is 11.3 Å². The Bertz CT molecular complexity index is 593. The molecule has 0 saturated heterocycles. The average Bonchev–Trinajstić information content (AvgIpc) is 2.70. The number of aryl methyl sites for hydroxylation is 1. The minimum absolute atomic E-state index is 0.103. The van der Waals surface area contributed by atoms with Crippen LogP contribution in [0.15, 0.2) is 18.2 Å². The fraction of sp³-hybridized carbons (Fsp3) is 0.357. The first-order valence-corrected chi connectivity index (χ1v) is 6.76. The zero-order valence-electron chi connectivity index (χ0n) is 11.1. The lowest BCUT2D eigenvalue weighted by molar-refractivity contribution is 0.628. The molecule has 0 bridgehead atoms. The van der Waals surface area contributed by atoms with Crippen molar-refractivity contribution >= 4 is 17.4 Å². The highest BCUT2D eigenvalue weighted by Gasteiger charge is 2.15. The van der Waals surface area contributed by atoms with E-state index in [0.717, 1.165) is 25.2 Å². The Morgan fingerprint density at radius 2 is 2.11 bits per heavy atom. The van der Waals surface area contributed by atoms with E-state index in [4.69, 9.17) is 17.3 Å². The molecule has 3 nitrogen and oxygen atoms in total. The van der Waals surface area contributed by atoms with Crippen LogP contribution in [0.2, 0.25) is 5.02 Å². The van der Waals surface area contributed by atoms with Gasteiger partial charge in [-0.05, 0) is 25.5 Å². The molecule has 19 heavy (non-hydrogen) atoms. The Kier molecular flexibility index (Phi) is 4.10. The van der Waals surface area contributed by atoms with Crippen LogP contribution < -0.4 is 5.73 Å². The molecule has 2 aromatic rings. The van der Waals surface area contributed by atoms with Crippen molar-refractivity contribution < 1.29 is 4.39 Å². The molecular formula is C14H17ClFN3. The van der Waals surface area contributed by atoms with Gasteiger partial charge in [0.2, 0.25) is 0 Å². The molecule has 0 atom stereocenters. The van der Waals surface area contributed by atoms with Gasteiger partial charge in [0.25, 0.3) is 0 Å². The lowest BCUT2D eigenvalue weighted by atomic mass is 10.1. The fourth-order valence-corrected chi connectivity index (χ4v) is 2.25. The fourth-order valence-electron chi connectivity index (χ4n) is 2.14. The molecule has 102 valence electrons. The number of benzene rings is 1. The number of nitrogen functional groups attached to an aromatic ring is 1. The molecule has 5 heteroatoms. The summed E-state index contributed by atoms with van der Waals surface area (Å²) in [6, 6.07) is 4.63. The van der Waals surface area contributed by atoms with E-state index >= 15 is 0 Å². The van der Waals surface area contributed by atoms with Gasteiger partial charge in [-0.25, -0.2) is 9.37 Å². The number of rotatable bonds is 4. The Morgan fingerprint density at radius 3 is 2.68 bits per heavy atom. The van der Waals surface area contributed by atoms with Crippen molar-refractivity contribution in [2.45, 2.75) is 33.2 Å². The van der Waals surface area contributed by atoms with Crippen molar-refractivity contribution in [3.05, 3.63) is 34.9 Å². The molecule has 0 spiro atoms. The molecule has 1 aromatic heterocycles. The molecule has 0 amide bonds. The van der Waals surface area contributed by atoms with Crippen molar-refractivity contribution in [2.75, 3.05) is 5.73 Å². The standard InChI is InChI=1S/C14H17ClFN3/c1-3-5-12-18-13(14(17)19(12)4-2)9-6-7-10(15)11(16)8-9/h6-8H,3-5,17H2,1-2H3. The van der Waals surface area contributed by atoms with Gasteiger partial charge in [-0.3, -0.25) is 0 Å². The number of nitrogens with zero attached hydrogens (tertiary/aromatic N) is 2. The van der Waals surface area contributed by atoms with Crippen LogP contribution in [0.3, 0.4) is 0 Å². The third-order valence-corrected chi connectivity index (χ3v) is 3.38. The van der Waals surface area contributed by atoms with Crippen molar-refractivity contribution in [1.29, 1.82) is 0 Å². The summed E-state index contributed by atoms with van der Waals surface area (Å²) in [4.78, 5) is 4.54. The maximum Gasteiger partial charge on any atom is 0.142 e. The smallest absolute Gasteiger partial charge is 0.142 e. The lowest BCUT2D eigenvalue weighted by Crippen LogP contribution is -2.05. The summed E-state index contributed by atoms with van der Waals surface area (Å²) >= 11 is 5.69. The summed E-state index contributed by atoms with van der Waals surface area (Å²) in [7, 11) is 0. The van der Waals surface area contributed by atoms with Gasteiger partial charge < -0.3 is 10.3 Å². The average molecular weight is 282 g/mol. The topological polar surface area (TPSA) is 43.8 Å². The molecule has 0 saturated carbocycles. The van der Waals surface area contributed by atoms with Crippen LogP contribution in [-0.4, -0.2) is 9.55 Å². The number of hydrogen-bond donors (Lipinski definition) is 1. The highest BCUT2D eigenvalue weighted by molar-refractivity contribution is 6.30. The van der Waals surface area contributed by atoms with Gasteiger partial charge in [0.15, 0.2) is 0 Å². The first-order valence-electron chi connectivity index (χ1n) is 6.38. The normalized spacial score (nSPS) is 10.9. The lowest BCUT2D eigenvalue weighted by Gasteiger charge is -2.05. The molecule has 2 N–H and O–H groups in total. The second kappa shape index (κ2) is 5.61. The third-order valence-electron chi connectivity index (χ3n) is 3.07. The highest BCUT2D eigenvalue weighted by atomic mass is 35.5. The van der Waals surface area contributed by atoms with E-state index in [1.807, 2.05) is 11.5 Å². The van der Waals surface area contributed by atoms with Crippen LogP contribution in [0.4, 0.5) is 10.2 Å². The molecule has 0 radical (unpaired) electrons. The Hall–Kier alpha value is -1.55. The van der Waals surface area contributed by atoms with Crippen molar-refractivity contribution in [2.24, 2.45) is 0 Å². The maximum absolute atomic E-state index is 13.5. The number of nitrogens with two attached hydrogens (primary N) is 1. The second-order valence-electron chi connectivity index (χ2n) is 4.39. The van der Waals surface area contributed by atoms with E-state index in [1.165, 1.54) is 12.1 Å². The minimum Gasteiger partial charge on any atom is -0.383 e. The van der Waals surface area contributed by atoms with Gasteiger partial charge in [-0.1, -0.05) is 24.6 Å². The molecule has 0 unspecified atom stereocenters. The monoisotopic (exact) mass is 281 g/mol. The second-order valence-corrected chi connectivity index (χ2v) is 4.79. The summed E-state index contributed by atoms with van der Waals surface area (Å²) in [5, 5.41) is 0.103. The van der Waals surface area contributed by atoms with Gasteiger partial charge >= 0.3 is 0 Å². The number of hydrogen-bond acceptors (Lipinski definition) is 2. The van der Waals surface area contributed by atoms with Crippen LogP contribution in [0.1, 0.15) is 26.1 Å². The van der Waals surface area contributed by atoms with E-state index < -0.39 is 5.82 Å². The molecular weight excluding hydrogens is 265 g/mol. The van der Waals surface area contributed by atoms with Crippen molar-refractivity contribution in [3.63, 3.8) is 0 Å². The van der Waals surface area contributed by atoms with Crippen LogP contribution in [-0.2, 0) is 13.0 Å².